The highest BCUT2D eigenvalue weighted by Crippen LogP contribution is 2.18. The predicted octanol–water partition coefficient (Wildman–Crippen LogP) is 22.3. The Morgan fingerprint density at radius 2 is 0.547 bits per heavy atom. The van der Waals surface area contributed by atoms with E-state index >= 15 is 0 Å². The second-order valence-corrected chi connectivity index (χ2v) is 22.0. The van der Waals surface area contributed by atoms with Crippen molar-refractivity contribution in [3.8, 4) is 0 Å². The third-order valence-electron chi connectivity index (χ3n) is 14.5. The molecular formula is C69H124O6. The van der Waals surface area contributed by atoms with Gasteiger partial charge in [-0.25, -0.2) is 0 Å². The average molecular weight is 1050 g/mol. The molecule has 0 spiro atoms. The first kappa shape index (κ1) is 72.1. The number of allylic oxidation sites excluding steroid dienone is 10. The standard InChI is InChI=1S/C69H124O6/c1-4-7-10-13-16-19-22-25-27-28-29-30-31-32-33-34-35-36-37-38-39-40-42-44-47-50-53-56-59-62-68(71)74-65-66(64-73-67(70)61-58-55-52-49-46-43-24-21-18-15-12-9-6-3)75-69(72)63-60-57-54-51-48-45-41-26-23-20-17-14-11-8-5-2/h8,11-12,15,17,20-21,24,26,41,66H,4-7,9-10,13-14,16,18-19,22-23,25,27-40,42-65H2,1-3H3/b11-8-,15-12-,20-17-,24-21-,41-26-. The van der Waals surface area contributed by atoms with Crippen LogP contribution in [0.2, 0.25) is 0 Å². The Morgan fingerprint density at radius 3 is 0.867 bits per heavy atom. The van der Waals surface area contributed by atoms with Gasteiger partial charge in [-0.05, 0) is 77.0 Å². The lowest BCUT2D eigenvalue weighted by Crippen LogP contribution is -2.30. The maximum Gasteiger partial charge on any atom is 0.306 e. The molecular weight excluding hydrogens is 925 g/mol. The van der Waals surface area contributed by atoms with Gasteiger partial charge in [0.25, 0.3) is 0 Å². The zero-order chi connectivity index (χ0) is 54.3. The number of carbonyl (C=O) groups excluding carboxylic acids is 3. The first-order chi connectivity index (χ1) is 37.0. The van der Waals surface area contributed by atoms with Crippen molar-refractivity contribution in [1.29, 1.82) is 0 Å². The number of hydrogen-bond donors (Lipinski definition) is 0. The SMILES string of the molecule is CC/C=C\C/C=C\C/C=C\CCCCCCCC(=O)OC(COC(=O)CCCCCCC/C=C\C/C=C\CCC)COC(=O)CCCCCCCCCCCCCCCCCCCCCCCCCCCCCCC. The summed E-state index contributed by atoms with van der Waals surface area (Å²) in [5.74, 6) is -0.900. The molecule has 0 heterocycles. The second-order valence-electron chi connectivity index (χ2n) is 22.0. The number of rotatable bonds is 60. The Morgan fingerprint density at radius 1 is 0.280 bits per heavy atom. The fraction of sp³-hybridized carbons (Fsp3) is 0.812. The first-order valence-corrected chi connectivity index (χ1v) is 32.8. The number of carbonyl (C=O) groups is 3. The van der Waals surface area contributed by atoms with E-state index in [1.54, 1.807) is 0 Å². The zero-order valence-electron chi connectivity index (χ0n) is 50.1. The summed E-state index contributed by atoms with van der Waals surface area (Å²) in [4.78, 5) is 38.2. The summed E-state index contributed by atoms with van der Waals surface area (Å²) in [5.41, 5.74) is 0. The third kappa shape index (κ3) is 61.8. The fourth-order valence-electron chi connectivity index (χ4n) is 9.62. The van der Waals surface area contributed by atoms with Crippen LogP contribution in [0.5, 0.6) is 0 Å². The molecule has 0 aliphatic rings. The molecule has 0 fully saturated rings. The van der Waals surface area contributed by atoms with E-state index < -0.39 is 6.10 Å². The van der Waals surface area contributed by atoms with Gasteiger partial charge in [-0.2, -0.15) is 0 Å². The van der Waals surface area contributed by atoms with Crippen LogP contribution >= 0.6 is 0 Å². The molecule has 0 N–H and O–H groups in total. The van der Waals surface area contributed by atoms with Crippen LogP contribution in [0.4, 0.5) is 0 Å². The number of ether oxygens (including phenoxy) is 3. The van der Waals surface area contributed by atoms with E-state index in [1.807, 2.05) is 0 Å². The topological polar surface area (TPSA) is 78.9 Å². The lowest BCUT2D eigenvalue weighted by Gasteiger charge is -2.18. The van der Waals surface area contributed by atoms with Crippen molar-refractivity contribution in [2.75, 3.05) is 13.2 Å². The van der Waals surface area contributed by atoms with E-state index in [9.17, 15) is 14.4 Å². The molecule has 0 saturated heterocycles. The predicted molar refractivity (Wildman–Crippen MR) is 325 cm³/mol. The Balaban J connectivity index is 4.17. The van der Waals surface area contributed by atoms with Crippen LogP contribution in [0.15, 0.2) is 60.8 Å². The molecule has 1 atom stereocenters. The van der Waals surface area contributed by atoms with Gasteiger partial charge in [0, 0.05) is 19.3 Å². The van der Waals surface area contributed by atoms with E-state index in [4.69, 9.17) is 14.2 Å². The van der Waals surface area contributed by atoms with Crippen LogP contribution in [0.3, 0.4) is 0 Å². The molecule has 436 valence electrons. The highest BCUT2D eigenvalue weighted by molar-refractivity contribution is 5.71. The fourth-order valence-corrected chi connectivity index (χ4v) is 9.62. The highest BCUT2D eigenvalue weighted by Gasteiger charge is 2.19. The lowest BCUT2D eigenvalue weighted by atomic mass is 10.0. The zero-order valence-corrected chi connectivity index (χ0v) is 50.1. The van der Waals surface area contributed by atoms with E-state index in [0.29, 0.717) is 19.3 Å². The summed E-state index contributed by atoms with van der Waals surface area (Å²) < 4.78 is 16.9. The smallest absolute Gasteiger partial charge is 0.306 e. The molecule has 75 heavy (non-hydrogen) atoms. The highest BCUT2D eigenvalue weighted by atomic mass is 16.6. The van der Waals surface area contributed by atoms with Crippen LogP contribution in [0.1, 0.15) is 342 Å². The molecule has 6 nitrogen and oxygen atoms in total. The minimum Gasteiger partial charge on any atom is -0.462 e. The molecule has 0 aromatic rings. The molecule has 0 aromatic heterocycles. The molecule has 1 unspecified atom stereocenters. The molecule has 0 bridgehead atoms. The van der Waals surface area contributed by atoms with Gasteiger partial charge in [0.2, 0.25) is 0 Å². The van der Waals surface area contributed by atoms with Crippen LogP contribution in [0, 0.1) is 0 Å². The number of hydrogen-bond acceptors (Lipinski definition) is 6. The number of unbranched alkanes of at least 4 members (excludes halogenated alkanes) is 39. The largest absolute Gasteiger partial charge is 0.462 e. The second kappa shape index (κ2) is 63.6. The summed E-state index contributed by atoms with van der Waals surface area (Å²) >= 11 is 0. The van der Waals surface area contributed by atoms with Crippen LogP contribution in [0.25, 0.3) is 0 Å². The molecule has 0 amide bonds. The summed E-state index contributed by atoms with van der Waals surface area (Å²) in [7, 11) is 0. The van der Waals surface area contributed by atoms with E-state index in [-0.39, 0.29) is 31.1 Å². The Labute approximate surface area is 466 Å². The molecule has 6 heteroatoms. The number of esters is 3. The van der Waals surface area contributed by atoms with Crippen molar-refractivity contribution in [3.63, 3.8) is 0 Å². The van der Waals surface area contributed by atoms with Gasteiger partial charge < -0.3 is 14.2 Å². The summed E-state index contributed by atoms with van der Waals surface area (Å²) in [5, 5.41) is 0. The van der Waals surface area contributed by atoms with E-state index in [1.165, 1.54) is 180 Å². The van der Waals surface area contributed by atoms with Crippen molar-refractivity contribution < 1.29 is 28.6 Å². The molecule has 0 radical (unpaired) electrons. The van der Waals surface area contributed by atoms with Crippen LogP contribution in [-0.2, 0) is 28.6 Å². The Kier molecular flexibility index (Phi) is 61.2. The van der Waals surface area contributed by atoms with Crippen molar-refractivity contribution >= 4 is 17.9 Å². The van der Waals surface area contributed by atoms with Crippen molar-refractivity contribution in [1.82, 2.24) is 0 Å². The van der Waals surface area contributed by atoms with Crippen molar-refractivity contribution in [2.45, 2.75) is 348 Å². The monoisotopic (exact) mass is 1050 g/mol. The van der Waals surface area contributed by atoms with Gasteiger partial charge in [0.15, 0.2) is 6.10 Å². The summed E-state index contributed by atoms with van der Waals surface area (Å²) in [6, 6.07) is 0. The molecule has 0 saturated carbocycles. The maximum atomic E-state index is 12.9. The Hall–Kier alpha value is -2.89. The molecule has 0 aromatic carbocycles. The van der Waals surface area contributed by atoms with E-state index in [0.717, 1.165) is 122 Å². The molecule has 0 aliphatic heterocycles. The van der Waals surface area contributed by atoms with Gasteiger partial charge >= 0.3 is 17.9 Å². The average Bonchev–Trinajstić information content (AvgIpc) is 3.41. The van der Waals surface area contributed by atoms with Gasteiger partial charge in [-0.1, -0.05) is 306 Å². The van der Waals surface area contributed by atoms with Crippen molar-refractivity contribution in [2.24, 2.45) is 0 Å². The maximum absolute atomic E-state index is 12.9. The minimum absolute atomic E-state index is 0.0832. The third-order valence-corrected chi connectivity index (χ3v) is 14.5. The van der Waals surface area contributed by atoms with Gasteiger partial charge in [-0.3, -0.25) is 14.4 Å². The van der Waals surface area contributed by atoms with Gasteiger partial charge in [0.05, 0.1) is 0 Å². The minimum atomic E-state index is -0.788. The van der Waals surface area contributed by atoms with Crippen LogP contribution < -0.4 is 0 Å². The van der Waals surface area contributed by atoms with E-state index in [2.05, 4.69) is 81.5 Å². The van der Waals surface area contributed by atoms with Gasteiger partial charge in [0.1, 0.15) is 13.2 Å². The molecule has 0 rings (SSSR count). The molecule has 0 aliphatic carbocycles. The van der Waals surface area contributed by atoms with Crippen molar-refractivity contribution in [3.05, 3.63) is 60.8 Å². The quantitative estimate of drug-likeness (QED) is 0.0261. The normalized spacial score (nSPS) is 12.4. The lowest BCUT2D eigenvalue weighted by molar-refractivity contribution is -0.167. The Bertz CT molecular complexity index is 1340. The summed E-state index contributed by atoms with van der Waals surface area (Å²) in [6.07, 6.45) is 81.1. The first-order valence-electron chi connectivity index (χ1n) is 32.8. The van der Waals surface area contributed by atoms with Gasteiger partial charge in [-0.15, -0.1) is 0 Å². The summed E-state index contributed by atoms with van der Waals surface area (Å²) in [6.45, 7) is 6.48. The van der Waals surface area contributed by atoms with Crippen LogP contribution in [-0.4, -0.2) is 37.2 Å².